The minimum absolute atomic E-state index is 0.0501. The molecule has 0 amide bonds. The minimum Gasteiger partial charge on any atom is -0.392 e. The minimum atomic E-state index is 0.0501. The van der Waals surface area contributed by atoms with Gasteiger partial charge in [0.05, 0.1) is 29.5 Å². The molecule has 4 heteroatoms. The first-order valence-electron chi connectivity index (χ1n) is 4.08. The van der Waals surface area contributed by atoms with Crippen molar-refractivity contribution in [2.45, 2.75) is 6.61 Å². The molecule has 0 aliphatic carbocycles. The Hall–Kier alpha value is -0.880. The van der Waals surface area contributed by atoms with Crippen molar-refractivity contribution in [3.8, 4) is 0 Å². The lowest BCUT2D eigenvalue weighted by Crippen LogP contribution is -1.92. The number of aliphatic hydroxyl groups excluding tert-OH is 1. The number of hydrogen-bond donors (Lipinski definition) is 3. The molecule has 0 aliphatic rings. The first kappa shape index (κ1) is 11.2. The van der Waals surface area contributed by atoms with Crippen LogP contribution >= 0.6 is 22.9 Å². The van der Waals surface area contributed by atoms with Gasteiger partial charge in [-0.15, -0.1) is 0 Å². The maximum Gasteiger partial charge on any atom is 0.0681 e. The number of hydrogen-bond acceptors (Lipinski definition) is 3. The van der Waals surface area contributed by atoms with Gasteiger partial charge in [-0.25, -0.2) is 0 Å². The van der Waals surface area contributed by atoms with Crippen LogP contribution in [0.2, 0.25) is 0 Å². The lowest BCUT2D eigenvalue weighted by Gasteiger charge is -2.02. The molecule has 3 N–H and O–H groups in total. The van der Waals surface area contributed by atoms with Crippen LogP contribution in [-0.2, 0) is 6.61 Å². The molecular weight excluding hydrogens is 291 g/mol. The fourth-order valence-electron chi connectivity index (χ4n) is 1.07. The molecule has 0 fully saturated rings. The molecule has 0 spiro atoms. The van der Waals surface area contributed by atoms with Gasteiger partial charge in [-0.3, -0.25) is 0 Å². The van der Waals surface area contributed by atoms with Gasteiger partial charge in [0, 0.05) is 18.0 Å². The molecule has 0 bridgehead atoms. The summed E-state index contributed by atoms with van der Waals surface area (Å²) in [7, 11) is 0. The Morgan fingerprint density at radius 2 is 2.07 bits per heavy atom. The Labute approximate surface area is 96.8 Å². The van der Waals surface area contributed by atoms with E-state index in [4.69, 9.17) is 10.5 Å². The zero-order valence-electron chi connectivity index (χ0n) is 7.50. The summed E-state index contributed by atoms with van der Waals surface area (Å²) in [5.41, 5.74) is 2.64. The molecule has 0 radical (unpaired) electrons. The van der Waals surface area contributed by atoms with E-state index in [1.54, 1.807) is 6.20 Å². The van der Waals surface area contributed by atoms with Crippen molar-refractivity contribution >= 4 is 34.7 Å². The van der Waals surface area contributed by atoms with Crippen LogP contribution in [0, 0.1) is 5.41 Å². The average Bonchev–Trinajstić information content (AvgIpc) is 2.26. The molecule has 0 aromatic heterocycles. The highest BCUT2D eigenvalue weighted by atomic mass is 127. The van der Waals surface area contributed by atoms with E-state index in [-0.39, 0.29) is 6.61 Å². The quantitative estimate of drug-likeness (QED) is 0.453. The summed E-state index contributed by atoms with van der Waals surface area (Å²) in [6, 6.07) is 7.46. The maximum atomic E-state index is 8.85. The van der Waals surface area contributed by atoms with Gasteiger partial charge in [-0.2, -0.15) is 0 Å². The van der Waals surface area contributed by atoms with Gasteiger partial charge in [0.15, 0.2) is 0 Å². The molecule has 1 aromatic rings. The molecule has 0 atom stereocenters. The molecule has 1 rings (SSSR count). The second kappa shape index (κ2) is 5.77. The Balaban J connectivity index is 2.95. The van der Waals surface area contributed by atoms with Crippen molar-refractivity contribution in [3.05, 3.63) is 41.6 Å². The van der Waals surface area contributed by atoms with E-state index >= 15 is 0 Å². The smallest absolute Gasteiger partial charge is 0.0681 e. The highest BCUT2D eigenvalue weighted by Gasteiger charge is 1.97. The lowest BCUT2D eigenvalue weighted by atomic mass is 10.1. The van der Waals surface area contributed by atoms with Gasteiger partial charge in [0.1, 0.15) is 0 Å². The average molecular weight is 302 g/mol. The fourth-order valence-corrected chi connectivity index (χ4v) is 1.41. The largest absolute Gasteiger partial charge is 0.392 e. The van der Waals surface area contributed by atoms with Gasteiger partial charge >= 0.3 is 0 Å². The van der Waals surface area contributed by atoms with Crippen molar-refractivity contribution in [1.82, 2.24) is 3.53 Å². The summed E-state index contributed by atoms with van der Waals surface area (Å²) < 4.78 is 2.85. The third-order valence-corrected chi connectivity index (χ3v) is 2.15. The standard InChI is InChI=1S/C10H11IN2O/c11-13-6-10(5-12)9-3-1-8(7-14)2-4-9/h1-6,12-14H,7H2/b10-6+,12-5?. The number of halogens is 1. The van der Waals surface area contributed by atoms with Crippen molar-refractivity contribution in [2.24, 2.45) is 0 Å². The summed E-state index contributed by atoms with van der Waals surface area (Å²) in [6.07, 6.45) is 3.04. The topological polar surface area (TPSA) is 56.1 Å². The Kier molecular flexibility index (Phi) is 4.61. The molecule has 0 saturated carbocycles. The number of benzene rings is 1. The van der Waals surface area contributed by atoms with E-state index in [0.29, 0.717) is 0 Å². The Morgan fingerprint density at radius 1 is 1.43 bits per heavy atom. The van der Waals surface area contributed by atoms with E-state index in [2.05, 4.69) is 3.53 Å². The molecule has 0 aliphatic heterocycles. The summed E-state index contributed by atoms with van der Waals surface area (Å²) in [5, 5.41) is 16.1. The predicted molar refractivity (Wildman–Crippen MR) is 66.3 cm³/mol. The van der Waals surface area contributed by atoms with Crippen LogP contribution in [0.3, 0.4) is 0 Å². The van der Waals surface area contributed by atoms with Gasteiger partial charge in [0.25, 0.3) is 0 Å². The van der Waals surface area contributed by atoms with Gasteiger partial charge in [-0.1, -0.05) is 24.3 Å². The number of allylic oxidation sites excluding steroid dienone is 1. The second-order valence-electron chi connectivity index (χ2n) is 2.71. The number of rotatable bonds is 4. The number of aliphatic hydroxyl groups is 1. The Bertz CT molecular complexity index is 332. The molecule has 14 heavy (non-hydrogen) atoms. The van der Waals surface area contributed by atoms with Crippen LogP contribution in [0.15, 0.2) is 30.5 Å². The van der Waals surface area contributed by atoms with Crippen LogP contribution in [0.4, 0.5) is 0 Å². The van der Waals surface area contributed by atoms with Gasteiger partial charge in [0.2, 0.25) is 0 Å². The summed E-state index contributed by atoms with van der Waals surface area (Å²) in [6.45, 7) is 0.0501. The van der Waals surface area contributed by atoms with Crippen LogP contribution in [0.5, 0.6) is 0 Å². The molecule has 0 unspecified atom stereocenters. The van der Waals surface area contributed by atoms with Crippen LogP contribution in [0.1, 0.15) is 11.1 Å². The molecule has 1 aromatic carbocycles. The van der Waals surface area contributed by atoms with Gasteiger partial charge < -0.3 is 14.0 Å². The molecule has 0 saturated heterocycles. The number of nitrogens with one attached hydrogen (secondary N) is 2. The maximum absolute atomic E-state index is 8.85. The summed E-state index contributed by atoms with van der Waals surface area (Å²) >= 11 is 2.00. The first-order chi connectivity index (χ1) is 6.81. The lowest BCUT2D eigenvalue weighted by molar-refractivity contribution is 0.282. The van der Waals surface area contributed by atoms with E-state index in [9.17, 15) is 0 Å². The zero-order valence-corrected chi connectivity index (χ0v) is 9.65. The monoisotopic (exact) mass is 302 g/mol. The van der Waals surface area contributed by atoms with Crippen LogP contribution in [0.25, 0.3) is 5.57 Å². The molecular formula is C10H11IN2O. The summed E-state index contributed by atoms with van der Waals surface area (Å²) in [4.78, 5) is 0. The molecule has 0 heterocycles. The highest BCUT2D eigenvalue weighted by Crippen LogP contribution is 2.12. The van der Waals surface area contributed by atoms with Crippen LogP contribution in [-0.4, -0.2) is 11.3 Å². The van der Waals surface area contributed by atoms with Gasteiger partial charge in [-0.05, 0) is 11.1 Å². The zero-order chi connectivity index (χ0) is 10.4. The van der Waals surface area contributed by atoms with E-state index < -0.39 is 0 Å². The van der Waals surface area contributed by atoms with E-state index in [1.807, 2.05) is 47.1 Å². The normalized spacial score (nSPS) is 11.1. The van der Waals surface area contributed by atoms with Crippen molar-refractivity contribution < 1.29 is 5.11 Å². The van der Waals surface area contributed by atoms with Crippen molar-refractivity contribution in [2.75, 3.05) is 0 Å². The third kappa shape index (κ3) is 2.81. The third-order valence-electron chi connectivity index (χ3n) is 1.84. The van der Waals surface area contributed by atoms with E-state index in [0.717, 1.165) is 16.7 Å². The van der Waals surface area contributed by atoms with E-state index in [1.165, 1.54) is 6.21 Å². The fraction of sp³-hybridized carbons (Fsp3) is 0.100. The first-order valence-corrected chi connectivity index (χ1v) is 5.16. The van der Waals surface area contributed by atoms with Crippen molar-refractivity contribution in [1.29, 1.82) is 5.41 Å². The summed E-state index contributed by atoms with van der Waals surface area (Å²) in [5.74, 6) is 0. The second-order valence-corrected chi connectivity index (χ2v) is 3.33. The molecule has 74 valence electrons. The van der Waals surface area contributed by atoms with Crippen molar-refractivity contribution in [3.63, 3.8) is 0 Å². The SMILES string of the molecule is N=C/C(=C\NI)c1ccc(CO)cc1. The molecule has 3 nitrogen and oxygen atoms in total. The highest BCUT2D eigenvalue weighted by molar-refractivity contribution is 14.1. The Morgan fingerprint density at radius 3 is 2.50 bits per heavy atom. The van der Waals surface area contributed by atoms with Crippen LogP contribution < -0.4 is 3.53 Å². The predicted octanol–water partition coefficient (Wildman–Crippen LogP) is 2.11.